The first-order valence-electron chi connectivity index (χ1n) is 12.3. The van der Waals surface area contributed by atoms with Gasteiger partial charge in [-0.05, 0) is 72.9 Å². The molecule has 3 unspecified atom stereocenters. The van der Waals surface area contributed by atoms with Crippen molar-refractivity contribution in [2.24, 2.45) is 0 Å². The van der Waals surface area contributed by atoms with Crippen molar-refractivity contribution >= 4 is 5.91 Å². The van der Waals surface area contributed by atoms with Gasteiger partial charge in [-0.15, -0.1) is 0 Å². The zero-order valence-electron chi connectivity index (χ0n) is 20.1. The molecule has 0 heterocycles. The predicted molar refractivity (Wildman–Crippen MR) is 132 cm³/mol. The predicted octanol–water partition coefficient (Wildman–Crippen LogP) is 4.94. The van der Waals surface area contributed by atoms with Gasteiger partial charge in [0.05, 0.1) is 12.1 Å². The van der Waals surface area contributed by atoms with E-state index in [1.807, 2.05) is 13.0 Å². The molecule has 3 N–H and O–H groups in total. The van der Waals surface area contributed by atoms with Gasteiger partial charge >= 0.3 is 0 Å². The number of carbonyl (C=O) groups excluding carboxylic acids is 1. The molecule has 1 aliphatic carbocycles. The van der Waals surface area contributed by atoms with Gasteiger partial charge in [-0.3, -0.25) is 4.79 Å². The molecule has 0 aliphatic heterocycles. The van der Waals surface area contributed by atoms with E-state index < -0.39 is 23.8 Å². The third-order valence-electron chi connectivity index (χ3n) is 6.40. The number of aliphatic hydroxyl groups excluding tert-OH is 1. The number of halogens is 2. The minimum atomic E-state index is -0.926. The number of hydrogen-bond donors (Lipinski definition) is 3. The fourth-order valence-corrected chi connectivity index (χ4v) is 4.57. The Morgan fingerprint density at radius 3 is 2.59 bits per heavy atom. The molecule has 2 aromatic carbocycles. The lowest BCUT2D eigenvalue weighted by molar-refractivity contribution is -0.121. The van der Waals surface area contributed by atoms with Gasteiger partial charge in [-0.25, -0.2) is 8.78 Å². The van der Waals surface area contributed by atoms with Gasteiger partial charge < -0.3 is 15.7 Å². The summed E-state index contributed by atoms with van der Waals surface area (Å²) in [5, 5.41) is 17.4. The Labute approximate surface area is 201 Å². The summed E-state index contributed by atoms with van der Waals surface area (Å²) in [7, 11) is 0. The second-order valence-corrected chi connectivity index (χ2v) is 9.05. The fraction of sp³-hybridized carbons (Fsp3) is 0.464. The summed E-state index contributed by atoms with van der Waals surface area (Å²) >= 11 is 0. The first kappa shape index (κ1) is 26.0. The highest BCUT2D eigenvalue weighted by Gasteiger charge is 2.25. The van der Waals surface area contributed by atoms with E-state index in [4.69, 9.17) is 0 Å². The molecule has 0 saturated carbocycles. The SMILES string of the molecule is CCC=CCC(=O)NC(Cc1cc(F)cc(F)c1)C(O)CNC1CCCc2ccc(CC)cc21. The Morgan fingerprint density at radius 1 is 1.12 bits per heavy atom. The number of carbonyl (C=O) groups is 1. The van der Waals surface area contributed by atoms with Crippen LogP contribution < -0.4 is 10.6 Å². The lowest BCUT2D eigenvalue weighted by Crippen LogP contribution is -2.49. The molecule has 6 heteroatoms. The summed E-state index contributed by atoms with van der Waals surface area (Å²) in [5.74, 6) is -1.59. The van der Waals surface area contributed by atoms with Crippen LogP contribution in [0.2, 0.25) is 0 Å². The summed E-state index contributed by atoms with van der Waals surface area (Å²) in [6.07, 6.45) is 7.96. The maximum Gasteiger partial charge on any atom is 0.224 e. The van der Waals surface area contributed by atoms with E-state index >= 15 is 0 Å². The van der Waals surface area contributed by atoms with E-state index in [-0.39, 0.29) is 31.3 Å². The van der Waals surface area contributed by atoms with E-state index in [9.17, 15) is 18.7 Å². The number of nitrogens with one attached hydrogen (secondary N) is 2. The summed E-state index contributed by atoms with van der Waals surface area (Å²) in [6.45, 7) is 4.38. The van der Waals surface area contributed by atoms with Crippen LogP contribution in [0.3, 0.4) is 0 Å². The second-order valence-electron chi connectivity index (χ2n) is 9.05. The Hall–Kier alpha value is -2.57. The van der Waals surface area contributed by atoms with E-state index in [0.29, 0.717) is 5.56 Å². The molecule has 2 aromatic rings. The number of amides is 1. The lowest BCUT2D eigenvalue weighted by Gasteiger charge is -2.30. The number of aryl methyl sites for hydroxylation is 2. The number of aliphatic hydroxyl groups is 1. The Bertz CT molecular complexity index is 972. The van der Waals surface area contributed by atoms with Crippen molar-refractivity contribution < 1.29 is 18.7 Å². The van der Waals surface area contributed by atoms with Gasteiger partial charge in [0, 0.05) is 25.1 Å². The van der Waals surface area contributed by atoms with Gasteiger partial charge in [0.1, 0.15) is 11.6 Å². The average Bonchev–Trinajstić information content (AvgIpc) is 2.81. The third-order valence-corrected chi connectivity index (χ3v) is 6.40. The highest BCUT2D eigenvalue weighted by molar-refractivity contribution is 5.77. The number of allylic oxidation sites excluding steroid dienone is 1. The standard InChI is InChI=1S/C28H36F2N2O2/c1-3-5-6-10-28(34)32-26(16-20-13-22(29)17-23(30)14-20)27(33)18-31-25-9-7-8-21-12-11-19(4-2)15-24(21)25/h5-6,11-15,17,25-27,31,33H,3-4,7-10,16,18H2,1-2H3,(H,32,34). The Kier molecular flexibility index (Phi) is 9.78. The number of benzene rings is 2. The molecule has 1 amide bonds. The molecule has 184 valence electrons. The van der Waals surface area contributed by atoms with E-state index in [1.54, 1.807) is 6.08 Å². The van der Waals surface area contributed by atoms with Gasteiger partial charge in [0.2, 0.25) is 5.91 Å². The van der Waals surface area contributed by atoms with Crippen molar-refractivity contribution in [3.8, 4) is 0 Å². The van der Waals surface area contributed by atoms with Crippen LogP contribution in [0.5, 0.6) is 0 Å². The van der Waals surface area contributed by atoms with Gasteiger partial charge in [0.15, 0.2) is 0 Å². The van der Waals surface area contributed by atoms with Crippen LogP contribution in [0, 0.1) is 11.6 Å². The first-order chi connectivity index (χ1) is 16.4. The summed E-state index contributed by atoms with van der Waals surface area (Å²) in [4.78, 5) is 12.5. The van der Waals surface area contributed by atoms with E-state index in [0.717, 1.165) is 38.2 Å². The van der Waals surface area contributed by atoms with E-state index in [2.05, 4.69) is 35.8 Å². The third kappa shape index (κ3) is 7.47. The van der Waals surface area contributed by atoms with Crippen LogP contribution in [0.4, 0.5) is 8.78 Å². The fourth-order valence-electron chi connectivity index (χ4n) is 4.57. The monoisotopic (exact) mass is 470 g/mol. The van der Waals surface area contributed by atoms with Gasteiger partial charge in [-0.1, -0.05) is 44.2 Å². The minimum Gasteiger partial charge on any atom is -0.390 e. The quantitative estimate of drug-likeness (QED) is 0.408. The number of hydrogen-bond acceptors (Lipinski definition) is 3. The molecule has 0 saturated heterocycles. The molecule has 3 atom stereocenters. The Balaban J connectivity index is 1.71. The van der Waals surface area contributed by atoms with Crippen LogP contribution >= 0.6 is 0 Å². The van der Waals surface area contributed by atoms with Crippen LogP contribution in [0.1, 0.15) is 67.8 Å². The van der Waals surface area contributed by atoms with Gasteiger partial charge in [0.25, 0.3) is 0 Å². The first-order valence-corrected chi connectivity index (χ1v) is 12.3. The summed E-state index contributed by atoms with van der Waals surface area (Å²) in [5.41, 5.74) is 4.28. The molecule has 0 fully saturated rings. The van der Waals surface area contributed by atoms with Crippen molar-refractivity contribution in [2.75, 3.05) is 6.54 Å². The molecular formula is C28H36F2N2O2. The molecule has 0 bridgehead atoms. The summed E-state index contributed by atoms with van der Waals surface area (Å²) in [6, 6.07) is 9.35. The average molecular weight is 471 g/mol. The van der Waals surface area contributed by atoms with Crippen molar-refractivity contribution in [1.82, 2.24) is 10.6 Å². The van der Waals surface area contributed by atoms with Crippen molar-refractivity contribution in [2.45, 2.75) is 77.0 Å². The highest BCUT2D eigenvalue weighted by Crippen LogP contribution is 2.30. The maximum absolute atomic E-state index is 13.7. The molecule has 0 aromatic heterocycles. The molecule has 0 spiro atoms. The number of rotatable bonds is 11. The van der Waals surface area contributed by atoms with Crippen LogP contribution in [0.25, 0.3) is 0 Å². The molecular weight excluding hydrogens is 434 g/mol. The van der Waals surface area contributed by atoms with Gasteiger partial charge in [-0.2, -0.15) is 0 Å². The van der Waals surface area contributed by atoms with Crippen LogP contribution in [-0.2, 0) is 24.1 Å². The molecule has 1 aliphatic rings. The molecule has 34 heavy (non-hydrogen) atoms. The number of fused-ring (bicyclic) bond motifs is 1. The Morgan fingerprint density at radius 2 is 1.88 bits per heavy atom. The molecule has 0 radical (unpaired) electrons. The molecule has 4 nitrogen and oxygen atoms in total. The van der Waals surface area contributed by atoms with Crippen molar-refractivity contribution in [3.05, 3.63) is 82.4 Å². The van der Waals surface area contributed by atoms with Crippen molar-refractivity contribution in [1.29, 1.82) is 0 Å². The zero-order chi connectivity index (χ0) is 24.5. The highest BCUT2D eigenvalue weighted by atomic mass is 19.1. The zero-order valence-corrected chi connectivity index (χ0v) is 20.1. The second kappa shape index (κ2) is 12.8. The minimum absolute atomic E-state index is 0.125. The van der Waals surface area contributed by atoms with Crippen LogP contribution in [0.15, 0.2) is 48.6 Å². The largest absolute Gasteiger partial charge is 0.390 e. The summed E-state index contributed by atoms with van der Waals surface area (Å²) < 4.78 is 27.5. The van der Waals surface area contributed by atoms with Crippen LogP contribution in [-0.4, -0.2) is 29.7 Å². The van der Waals surface area contributed by atoms with E-state index in [1.165, 1.54) is 28.8 Å². The topological polar surface area (TPSA) is 61.4 Å². The van der Waals surface area contributed by atoms with Crippen molar-refractivity contribution in [3.63, 3.8) is 0 Å². The smallest absolute Gasteiger partial charge is 0.224 e. The maximum atomic E-state index is 13.7. The normalized spacial score (nSPS) is 17.4. The molecule has 3 rings (SSSR count). The lowest BCUT2D eigenvalue weighted by atomic mass is 9.86.